The lowest BCUT2D eigenvalue weighted by molar-refractivity contribution is -0.384. The van der Waals surface area contributed by atoms with Crippen LogP contribution in [0.3, 0.4) is 0 Å². The molecule has 0 aromatic heterocycles. The predicted octanol–water partition coefficient (Wildman–Crippen LogP) is 3.28. The van der Waals surface area contributed by atoms with Crippen molar-refractivity contribution in [1.29, 1.82) is 0 Å². The van der Waals surface area contributed by atoms with Gasteiger partial charge in [-0.15, -0.1) is 0 Å². The van der Waals surface area contributed by atoms with Gasteiger partial charge < -0.3 is 24.3 Å². The summed E-state index contributed by atoms with van der Waals surface area (Å²) in [5.41, 5.74) is 0.664. The summed E-state index contributed by atoms with van der Waals surface area (Å²) in [7, 11) is 5.89. The molecule has 0 aliphatic carbocycles. The van der Waals surface area contributed by atoms with Crippen molar-refractivity contribution in [2.45, 2.75) is 0 Å². The smallest absolute Gasteiger partial charge is 0.271 e. The average Bonchev–Trinajstić information content (AvgIpc) is 2.71. The second kappa shape index (κ2) is 9.26. The molecule has 0 radical (unpaired) electrons. The van der Waals surface area contributed by atoms with Crippen molar-refractivity contribution in [1.82, 2.24) is 0 Å². The Hall–Kier alpha value is -3.75. The molecule has 0 saturated heterocycles. The number of nitro benzene ring substituents is 1. The number of non-ortho nitro benzene ring substituents is 1. The quantitative estimate of drug-likeness (QED) is 0.420. The molecule has 0 heterocycles. The van der Waals surface area contributed by atoms with Crippen LogP contribution in [0.15, 0.2) is 36.4 Å². The minimum Gasteiger partial charge on any atom is -0.495 e. The summed E-state index contributed by atoms with van der Waals surface area (Å²) in [5.74, 6) is 1.14. The van der Waals surface area contributed by atoms with Crippen LogP contribution < -0.4 is 24.3 Å². The lowest BCUT2D eigenvalue weighted by atomic mass is 10.1. The van der Waals surface area contributed by atoms with E-state index in [4.69, 9.17) is 18.9 Å². The van der Waals surface area contributed by atoms with Gasteiger partial charge in [0.1, 0.15) is 5.75 Å². The van der Waals surface area contributed by atoms with Crippen LogP contribution in [0.1, 0.15) is 5.56 Å². The molecule has 0 aliphatic rings. The molecule has 2 rings (SSSR count). The lowest BCUT2D eigenvalue weighted by Gasteiger charge is -2.12. The molecule has 9 heteroatoms. The number of rotatable bonds is 8. The maximum Gasteiger partial charge on any atom is 0.271 e. The first kappa shape index (κ1) is 20.6. The first-order valence-corrected chi connectivity index (χ1v) is 8.05. The predicted molar refractivity (Wildman–Crippen MR) is 103 cm³/mol. The summed E-state index contributed by atoms with van der Waals surface area (Å²) in [5, 5.41) is 13.5. The van der Waals surface area contributed by atoms with E-state index in [0.717, 1.165) is 0 Å². The highest BCUT2D eigenvalue weighted by atomic mass is 16.6. The van der Waals surface area contributed by atoms with E-state index in [9.17, 15) is 14.9 Å². The summed E-state index contributed by atoms with van der Waals surface area (Å²) in [4.78, 5) is 22.6. The first-order valence-electron chi connectivity index (χ1n) is 8.05. The number of nitrogens with one attached hydrogen (secondary N) is 1. The Morgan fingerprint density at radius 3 is 2.07 bits per heavy atom. The molecule has 9 nitrogen and oxygen atoms in total. The average molecular weight is 388 g/mol. The van der Waals surface area contributed by atoms with Gasteiger partial charge in [-0.25, -0.2) is 0 Å². The zero-order valence-electron chi connectivity index (χ0n) is 15.8. The third kappa shape index (κ3) is 4.70. The minimum absolute atomic E-state index is 0.162. The standard InChI is InChI=1S/C19H20N2O7/c1-25-15-7-6-13(21(23)24)11-14(15)20-18(22)8-5-12-9-16(26-2)19(28-4)17(10-12)27-3/h5-11H,1-4H3,(H,20,22). The SMILES string of the molecule is COc1ccc([N+](=O)[O-])cc1NC(=O)C=Cc1cc(OC)c(OC)c(OC)c1. The molecule has 0 bridgehead atoms. The van der Waals surface area contributed by atoms with Gasteiger partial charge in [-0.2, -0.15) is 0 Å². The number of methoxy groups -OCH3 is 4. The van der Waals surface area contributed by atoms with Crippen LogP contribution in [0.25, 0.3) is 6.08 Å². The second-order valence-electron chi connectivity index (χ2n) is 5.42. The third-order valence-electron chi connectivity index (χ3n) is 3.77. The van der Waals surface area contributed by atoms with Crippen LogP contribution in [0.2, 0.25) is 0 Å². The number of hydrogen-bond donors (Lipinski definition) is 1. The Balaban J connectivity index is 2.25. The van der Waals surface area contributed by atoms with Gasteiger partial charge in [-0.05, 0) is 29.8 Å². The maximum atomic E-state index is 12.3. The van der Waals surface area contributed by atoms with Crippen molar-refractivity contribution in [2.24, 2.45) is 0 Å². The molecule has 0 aliphatic heterocycles. The van der Waals surface area contributed by atoms with Crippen molar-refractivity contribution in [3.8, 4) is 23.0 Å². The van der Waals surface area contributed by atoms with E-state index in [1.807, 2.05) is 0 Å². The van der Waals surface area contributed by atoms with E-state index in [-0.39, 0.29) is 11.4 Å². The van der Waals surface area contributed by atoms with Gasteiger partial charge in [-0.1, -0.05) is 0 Å². The molecule has 2 aromatic carbocycles. The molecule has 0 spiro atoms. The zero-order chi connectivity index (χ0) is 20.7. The number of nitrogens with zero attached hydrogens (tertiary/aromatic N) is 1. The molecule has 2 aromatic rings. The van der Waals surface area contributed by atoms with E-state index in [2.05, 4.69) is 5.32 Å². The van der Waals surface area contributed by atoms with Crippen molar-refractivity contribution in [2.75, 3.05) is 33.8 Å². The van der Waals surface area contributed by atoms with E-state index in [1.165, 1.54) is 52.7 Å². The monoisotopic (exact) mass is 388 g/mol. The number of ether oxygens (including phenoxy) is 4. The Kier molecular flexibility index (Phi) is 6.80. The van der Waals surface area contributed by atoms with Crippen LogP contribution >= 0.6 is 0 Å². The Bertz CT molecular complexity index is 884. The highest BCUT2D eigenvalue weighted by Crippen LogP contribution is 2.38. The molecular weight excluding hydrogens is 368 g/mol. The van der Waals surface area contributed by atoms with Crippen molar-refractivity contribution >= 4 is 23.4 Å². The lowest BCUT2D eigenvalue weighted by Crippen LogP contribution is -2.09. The molecule has 28 heavy (non-hydrogen) atoms. The Morgan fingerprint density at radius 2 is 1.57 bits per heavy atom. The fourth-order valence-electron chi connectivity index (χ4n) is 2.45. The van der Waals surface area contributed by atoms with E-state index < -0.39 is 10.8 Å². The molecule has 0 unspecified atom stereocenters. The number of nitro groups is 1. The fraction of sp³-hybridized carbons (Fsp3) is 0.211. The number of hydrogen-bond acceptors (Lipinski definition) is 7. The van der Waals surface area contributed by atoms with Gasteiger partial charge in [0, 0.05) is 18.2 Å². The largest absolute Gasteiger partial charge is 0.495 e. The topological polar surface area (TPSA) is 109 Å². The van der Waals surface area contributed by atoms with Crippen molar-refractivity contribution in [3.05, 3.63) is 52.1 Å². The van der Waals surface area contributed by atoms with Crippen LogP contribution in [0.5, 0.6) is 23.0 Å². The summed E-state index contributed by atoms with van der Waals surface area (Å²) >= 11 is 0. The minimum atomic E-state index is -0.555. The molecule has 1 N–H and O–H groups in total. The maximum absolute atomic E-state index is 12.3. The van der Waals surface area contributed by atoms with Gasteiger partial charge in [0.05, 0.1) is 39.0 Å². The van der Waals surface area contributed by atoms with Gasteiger partial charge in [0.25, 0.3) is 5.69 Å². The van der Waals surface area contributed by atoms with E-state index >= 15 is 0 Å². The van der Waals surface area contributed by atoms with Gasteiger partial charge in [0.15, 0.2) is 11.5 Å². The normalized spacial score (nSPS) is 10.4. The van der Waals surface area contributed by atoms with Gasteiger partial charge >= 0.3 is 0 Å². The van der Waals surface area contributed by atoms with Crippen LogP contribution in [0, 0.1) is 10.1 Å². The molecular formula is C19H20N2O7. The number of benzene rings is 2. The highest BCUT2D eigenvalue weighted by molar-refractivity contribution is 6.03. The van der Waals surface area contributed by atoms with Crippen LogP contribution in [-0.4, -0.2) is 39.3 Å². The molecule has 0 saturated carbocycles. The fourth-order valence-corrected chi connectivity index (χ4v) is 2.45. The van der Waals surface area contributed by atoms with Crippen LogP contribution in [0.4, 0.5) is 11.4 Å². The number of carbonyl (C=O) groups is 1. The van der Waals surface area contributed by atoms with Crippen molar-refractivity contribution < 1.29 is 28.7 Å². The van der Waals surface area contributed by atoms with Gasteiger partial charge in [-0.3, -0.25) is 14.9 Å². The summed E-state index contributed by atoms with van der Waals surface area (Å²) in [6.45, 7) is 0. The second-order valence-corrected chi connectivity index (χ2v) is 5.42. The van der Waals surface area contributed by atoms with Crippen LogP contribution in [-0.2, 0) is 4.79 Å². The highest BCUT2D eigenvalue weighted by Gasteiger charge is 2.14. The number of carbonyl (C=O) groups excluding carboxylic acids is 1. The Labute approximate surface area is 161 Å². The summed E-state index contributed by atoms with van der Waals surface area (Å²) < 4.78 is 20.9. The molecule has 148 valence electrons. The Morgan fingerprint density at radius 1 is 0.964 bits per heavy atom. The van der Waals surface area contributed by atoms with E-state index in [1.54, 1.807) is 18.2 Å². The molecule has 0 atom stereocenters. The summed E-state index contributed by atoms with van der Waals surface area (Å²) in [6, 6.07) is 7.29. The molecule has 1 amide bonds. The molecule has 0 fully saturated rings. The number of amides is 1. The summed E-state index contributed by atoms with van der Waals surface area (Å²) in [6.07, 6.45) is 2.82. The first-order chi connectivity index (χ1) is 13.4. The van der Waals surface area contributed by atoms with E-state index in [0.29, 0.717) is 28.6 Å². The third-order valence-corrected chi connectivity index (χ3v) is 3.77. The van der Waals surface area contributed by atoms with Crippen molar-refractivity contribution in [3.63, 3.8) is 0 Å². The van der Waals surface area contributed by atoms with Gasteiger partial charge in [0.2, 0.25) is 11.7 Å². The zero-order valence-corrected chi connectivity index (χ0v) is 15.8. The number of anilines is 1.